The Bertz CT molecular complexity index is 317. The zero-order chi connectivity index (χ0) is 11.6. The van der Waals surface area contributed by atoms with Crippen molar-refractivity contribution in [1.82, 2.24) is 0 Å². The summed E-state index contributed by atoms with van der Waals surface area (Å²) in [6, 6.07) is 6.18. The first-order valence-electron chi connectivity index (χ1n) is 5.26. The third-order valence-corrected chi connectivity index (χ3v) is 2.53. The fourth-order valence-corrected chi connectivity index (χ4v) is 1.66. The van der Waals surface area contributed by atoms with Crippen molar-refractivity contribution >= 4 is 0 Å². The lowest BCUT2D eigenvalue weighted by atomic mass is 9.94. The second kappa shape index (κ2) is 4.33. The van der Waals surface area contributed by atoms with E-state index in [2.05, 4.69) is 6.07 Å². The number of aryl methyl sites for hydroxylation is 2. The molecule has 0 aromatic heterocycles. The third kappa shape index (κ3) is 3.65. The Morgan fingerprint density at radius 2 is 1.60 bits per heavy atom. The molecule has 0 saturated carbocycles. The second-order valence-corrected chi connectivity index (χ2v) is 4.87. The minimum Gasteiger partial charge on any atom is -0.390 e. The van der Waals surface area contributed by atoms with Gasteiger partial charge >= 0.3 is 0 Å². The molecule has 15 heavy (non-hydrogen) atoms. The molecule has 0 spiro atoms. The van der Waals surface area contributed by atoms with Crippen LogP contribution in [-0.2, 0) is 6.42 Å². The zero-order valence-electron chi connectivity index (χ0n) is 9.91. The molecule has 0 heterocycles. The summed E-state index contributed by atoms with van der Waals surface area (Å²) in [6.07, 6.45) is -0.231. The minimum absolute atomic E-state index is 0.492. The molecule has 0 radical (unpaired) electrons. The summed E-state index contributed by atoms with van der Waals surface area (Å²) in [5, 5.41) is 19.4. The van der Waals surface area contributed by atoms with E-state index in [1.54, 1.807) is 13.8 Å². The summed E-state index contributed by atoms with van der Waals surface area (Å²) in [4.78, 5) is 0. The number of benzene rings is 1. The van der Waals surface area contributed by atoms with E-state index >= 15 is 0 Å². The van der Waals surface area contributed by atoms with Crippen LogP contribution in [0.3, 0.4) is 0 Å². The molecule has 1 aromatic rings. The van der Waals surface area contributed by atoms with Gasteiger partial charge in [0.2, 0.25) is 0 Å². The fourth-order valence-electron chi connectivity index (χ4n) is 1.66. The molecule has 84 valence electrons. The van der Waals surface area contributed by atoms with Gasteiger partial charge in [-0.15, -0.1) is 0 Å². The molecule has 2 N–H and O–H groups in total. The second-order valence-electron chi connectivity index (χ2n) is 4.87. The molecular weight excluding hydrogens is 188 g/mol. The standard InChI is InChI=1S/C13H20O2/c1-9-5-10(2)7-11(6-9)8-12(14)13(3,4)15/h5-7,12,14-15H,8H2,1-4H3. The van der Waals surface area contributed by atoms with Crippen molar-refractivity contribution in [3.05, 3.63) is 34.9 Å². The Morgan fingerprint density at radius 1 is 1.13 bits per heavy atom. The van der Waals surface area contributed by atoms with Gasteiger partial charge in [0.15, 0.2) is 0 Å². The first-order valence-corrected chi connectivity index (χ1v) is 5.26. The lowest BCUT2D eigenvalue weighted by Gasteiger charge is -2.24. The van der Waals surface area contributed by atoms with Crippen LogP contribution in [0.4, 0.5) is 0 Å². The predicted octanol–water partition coefficient (Wildman–Crippen LogP) is 1.98. The van der Waals surface area contributed by atoms with Crippen LogP contribution in [0.2, 0.25) is 0 Å². The number of hydrogen-bond donors (Lipinski definition) is 2. The van der Waals surface area contributed by atoms with Crippen LogP contribution in [0.5, 0.6) is 0 Å². The van der Waals surface area contributed by atoms with Crippen molar-refractivity contribution in [2.24, 2.45) is 0 Å². The van der Waals surface area contributed by atoms with E-state index in [1.807, 2.05) is 26.0 Å². The Kier molecular flexibility index (Phi) is 3.53. The van der Waals surface area contributed by atoms with Gasteiger partial charge in [-0.05, 0) is 33.3 Å². The van der Waals surface area contributed by atoms with Gasteiger partial charge in [0.05, 0.1) is 11.7 Å². The van der Waals surface area contributed by atoms with Crippen molar-refractivity contribution in [1.29, 1.82) is 0 Å². The summed E-state index contributed by atoms with van der Waals surface area (Å²) in [5.74, 6) is 0. The Morgan fingerprint density at radius 3 is 2.00 bits per heavy atom. The molecule has 0 saturated heterocycles. The third-order valence-electron chi connectivity index (χ3n) is 2.53. The van der Waals surface area contributed by atoms with Crippen LogP contribution >= 0.6 is 0 Å². The van der Waals surface area contributed by atoms with E-state index < -0.39 is 11.7 Å². The molecule has 1 aromatic carbocycles. The average molecular weight is 208 g/mol. The molecule has 0 aliphatic heterocycles. The van der Waals surface area contributed by atoms with Gasteiger partial charge in [-0.25, -0.2) is 0 Å². The highest BCUT2D eigenvalue weighted by Crippen LogP contribution is 2.16. The largest absolute Gasteiger partial charge is 0.390 e. The van der Waals surface area contributed by atoms with Crippen LogP contribution in [0.25, 0.3) is 0 Å². The molecule has 0 aliphatic rings. The SMILES string of the molecule is Cc1cc(C)cc(CC(O)C(C)(C)O)c1. The maximum atomic E-state index is 9.77. The summed E-state index contributed by atoms with van der Waals surface area (Å²) < 4.78 is 0. The monoisotopic (exact) mass is 208 g/mol. The maximum absolute atomic E-state index is 9.77. The van der Waals surface area contributed by atoms with Crippen LogP contribution in [0.1, 0.15) is 30.5 Å². The number of aliphatic hydroxyl groups excluding tert-OH is 1. The minimum atomic E-state index is -1.04. The van der Waals surface area contributed by atoms with E-state index in [0.29, 0.717) is 6.42 Å². The first-order chi connectivity index (χ1) is 6.79. The van der Waals surface area contributed by atoms with Gasteiger partial charge in [0.25, 0.3) is 0 Å². The van der Waals surface area contributed by atoms with Crippen molar-refractivity contribution < 1.29 is 10.2 Å². The van der Waals surface area contributed by atoms with Gasteiger partial charge in [-0.1, -0.05) is 29.3 Å². The smallest absolute Gasteiger partial charge is 0.0861 e. The summed E-state index contributed by atoms with van der Waals surface area (Å²) >= 11 is 0. The lowest BCUT2D eigenvalue weighted by Crippen LogP contribution is -2.37. The van der Waals surface area contributed by atoms with E-state index in [4.69, 9.17) is 0 Å². The highest BCUT2D eigenvalue weighted by Gasteiger charge is 2.24. The van der Waals surface area contributed by atoms with Crippen LogP contribution < -0.4 is 0 Å². The van der Waals surface area contributed by atoms with E-state index in [9.17, 15) is 10.2 Å². The van der Waals surface area contributed by atoms with Gasteiger partial charge in [0, 0.05) is 6.42 Å². The molecule has 2 heteroatoms. The molecule has 0 bridgehead atoms. The summed E-state index contributed by atoms with van der Waals surface area (Å²) in [5.41, 5.74) is 2.40. The van der Waals surface area contributed by atoms with E-state index in [0.717, 1.165) is 5.56 Å². The number of rotatable bonds is 3. The lowest BCUT2D eigenvalue weighted by molar-refractivity contribution is -0.0469. The van der Waals surface area contributed by atoms with Crippen molar-refractivity contribution in [3.63, 3.8) is 0 Å². The number of aliphatic hydroxyl groups is 2. The molecule has 1 rings (SSSR count). The van der Waals surface area contributed by atoms with E-state index in [-0.39, 0.29) is 0 Å². The molecule has 0 amide bonds. The highest BCUT2D eigenvalue weighted by atomic mass is 16.3. The quantitative estimate of drug-likeness (QED) is 0.797. The van der Waals surface area contributed by atoms with Crippen molar-refractivity contribution in [2.45, 2.75) is 45.8 Å². The zero-order valence-corrected chi connectivity index (χ0v) is 9.91. The summed E-state index contributed by atoms with van der Waals surface area (Å²) in [7, 11) is 0. The molecule has 1 atom stereocenters. The van der Waals surface area contributed by atoms with Crippen molar-refractivity contribution in [2.75, 3.05) is 0 Å². The van der Waals surface area contributed by atoms with Gasteiger partial charge in [0.1, 0.15) is 0 Å². The van der Waals surface area contributed by atoms with Crippen LogP contribution in [0.15, 0.2) is 18.2 Å². The molecule has 2 nitrogen and oxygen atoms in total. The van der Waals surface area contributed by atoms with E-state index in [1.165, 1.54) is 11.1 Å². The number of hydrogen-bond acceptors (Lipinski definition) is 2. The van der Waals surface area contributed by atoms with Crippen LogP contribution in [-0.4, -0.2) is 21.9 Å². The molecule has 1 unspecified atom stereocenters. The topological polar surface area (TPSA) is 40.5 Å². The summed E-state index contributed by atoms with van der Waals surface area (Å²) in [6.45, 7) is 7.32. The van der Waals surface area contributed by atoms with Crippen LogP contribution in [0, 0.1) is 13.8 Å². The Balaban J connectivity index is 2.81. The van der Waals surface area contributed by atoms with Gasteiger partial charge in [-0.3, -0.25) is 0 Å². The van der Waals surface area contributed by atoms with Gasteiger partial charge in [-0.2, -0.15) is 0 Å². The Labute approximate surface area is 91.6 Å². The average Bonchev–Trinajstić information content (AvgIpc) is 1.99. The predicted molar refractivity (Wildman–Crippen MR) is 61.9 cm³/mol. The van der Waals surface area contributed by atoms with Gasteiger partial charge < -0.3 is 10.2 Å². The molecule has 0 fully saturated rings. The first kappa shape index (κ1) is 12.2. The normalized spacial score (nSPS) is 14.0. The fraction of sp³-hybridized carbons (Fsp3) is 0.538. The molecule has 0 aliphatic carbocycles. The molecular formula is C13H20O2. The highest BCUT2D eigenvalue weighted by molar-refractivity contribution is 5.29. The maximum Gasteiger partial charge on any atom is 0.0861 e. The van der Waals surface area contributed by atoms with Crippen molar-refractivity contribution in [3.8, 4) is 0 Å². The Hall–Kier alpha value is -0.860.